The van der Waals surface area contributed by atoms with E-state index >= 15 is 0 Å². The van der Waals surface area contributed by atoms with Crippen LogP contribution in [0, 0.1) is 17.8 Å². The minimum absolute atomic E-state index is 0.236. The van der Waals surface area contributed by atoms with E-state index in [1.165, 1.54) is 0 Å². The van der Waals surface area contributed by atoms with Crippen LogP contribution in [0.25, 0.3) is 0 Å². The van der Waals surface area contributed by atoms with Gasteiger partial charge in [-0.25, -0.2) is 0 Å². The van der Waals surface area contributed by atoms with Crippen molar-refractivity contribution in [1.29, 1.82) is 0 Å². The molecule has 2 nitrogen and oxygen atoms in total. The molecule has 1 heterocycles. The SMILES string of the molecule is CC(C)CC1COP(=S)(S)OC1CC(C)C. The molecule has 16 heavy (non-hydrogen) atoms. The van der Waals surface area contributed by atoms with Crippen LogP contribution < -0.4 is 0 Å². The monoisotopic (exact) mass is 282 g/mol. The fraction of sp³-hybridized carbons (Fsp3) is 1.00. The fourth-order valence-electron chi connectivity index (χ4n) is 2.11. The molecule has 0 N–H and O–H groups in total. The lowest BCUT2D eigenvalue weighted by Gasteiger charge is -2.37. The van der Waals surface area contributed by atoms with Crippen molar-refractivity contribution in [1.82, 2.24) is 0 Å². The van der Waals surface area contributed by atoms with Crippen LogP contribution in [0.5, 0.6) is 0 Å². The van der Waals surface area contributed by atoms with Gasteiger partial charge in [0.1, 0.15) is 0 Å². The van der Waals surface area contributed by atoms with Gasteiger partial charge in [-0.3, -0.25) is 0 Å². The Bertz CT molecular complexity index is 269. The lowest BCUT2D eigenvalue weighted by Crippen LogP contribution is -2.33. The molecule has 1 rings (SSSR count). The minimum atomic E-state index is -2.25. The first-order valence-corrected chi connectivity index (χ1v) is 9.75. The van der Waals surface area contributed by atoms with E-state index in [4.69, 9.17) is 20.9 Å². The predicted molar refractivity (Wildman–Crippen MR) is 76.5 cm³/mol. The van der Waals surface area contributed by atoms with Crippen molar-refractivity contribution in [2.75, 3.05) is 6.61 Å². The highest BCUT2D eigenvalue weighted by atomic mass is 32.9. The molecule has 1 aliphatic rings. The maximum absolute atomic E-state index is 5.87. The van der Waals surface area contributed by atoms with E-state index in [0.29, 0.717) is 17.8 Å². The molecular weight excluding hydrogens is 259 g/mol. The van der Waals surface area contributed by atoms with Gasteiger partial charge in [-0.05, 0) is 36.5 Å². The zero-order chi connectivity index (χ0) is 12.3. The van der Waals surface area contributed by atoms with E-state index in [0.717, 1.165) is 19.4 Å². The Kier molecular flexibility index (Phi) is 5.80. The van der Waals surface area contributed by atoms with Gasteiger partial charge in [-0.1, -0.05) is 39.9 Å². The summed E-state index contributed by atoms with van der Waals surface area (Å²) in [6.07, 6.45) is 2.43. The molecule has 1 fully saturated rings. The summed E-state index contributed by atoms with van der Waals surface area (Å²) in [5.41, 5.74) is -2.25. The first kappa shape index (κ1) is 15.0. The molecule has 0 aromatic carbocycles. The van der Waals surface area contributed by atoms with E-state index in [2.05, 4.69) is 39.9 Å². The molecule has 0 radical (unpaired) electrons. The highest BCUT2D eigenvalue weighted by Crippen LogP contribution is 2.59. The van der Waals surface area contributed by atoms with E-state index in [9.17, 15) is 0 Å². The van der Waals surface area contributed by atoms with Gasteiger partial charge in [0.2, 0.25) is 5.69 Å². The van der Waals surface area contributed by atoms with Crippen molar-refractivity contribution in [3.8, 4) is 0 Å². The Morgan fingerprint density at radius 3 is 2.31 bits per heavy atom. The first-order chi connectivity index (χ1) is 7.30. The molecule has 0 spiro atoms. The van der Waals surface area contributed by atoms with Crippen LogP contribution >= 0.6 is 17.9 Å². The molecule has 0 aliphatic carbocycles. The van der Waals surface area contributed by atoms with E-state index in [1.807, 2.05) is 0 Å². The summed E-state index contributed by atoms with van der Waals surface area (Å²) in [5, 5.41) is 0. The van der Waals surface area contributed by atoms with Gasteiger partial charge in [-0.2, -0.15) is 0 Å². The zero-order valence-electron chi connectivity index (χ0n) is 10.5. The van der Waals surface area contributed by atoms with E-state index in [1.54, 1.807) is 0 Å². The quantitative estimate of drug-likeness (QED) is 0.614. The van der Waals surface area contributed by atoms with Crippen LogP contribution in [0.1, 0.15) is 40.5 Å². The second-order valence-electron chi connectivity index (χ2n) is 5.43. The maximum atomic E-state index is 5.87. The first-order valence-electron chi connectivity index (χ1n) is 5.96. The van der Waals surface area contributed by atoms with Crippen molar-refractivity contribution < 1.29 is 9.05 Å². The van der Waals surface area contributed by atoms with Crippen molar-refractivity contribution in [3.05, 3.63) is 0 Å². The van der Waals surface area contributed by atoms with Gasteiger partial charge < -0.3 is 9.05 Å². The van der Waals surface area contributed by atoms with Crippen LogP contribution in [-0.2, 0) is 20.9 Å². The van der Waals surface area contributed by atoms with Crippen molar-refractivity contribution in [2.24, 2.45) is 17.8 Å². The number of rotatable bonds is 4. The van der Waals surface area contributed by atoms with Crippen molar-refractivity contribution in [2.45, 2.75) is 46.6 Å². The van der Waals surface area contributed by atoms with E-state index in [-0.39, 0.29) is 6.10 Å². The molecule has 3 atom stereocenters. The van der Waals surface area contributed by atoms with Gasteiger partial charge in [0.15, 0.2) is 0 Å². The second-order valence-corrected chi connectivity index (χ2v) is 10.7. The summed E-state index contributed by atoms with van der Waals surface area (Å²) in [6, 6.07) is 0. The molecule has 96 valence electrons. The Hall–Kier alpha value is 0.920. The van der Waals surface area contributed by atoms with Crippen LogP contribution in [0.3, 0.4) is 0 Å². The molecular formula is C11H23O2PS2. The molecule has 1 saturated heterocycles. The predicted octanol–water partition coefficient (Wildman–Crippen LogP) is 4.26. The highest BCUT2D eigenvalue weighted by molar-refractivity contribution is 8.60. The fourth-order valence-corrected chi connectivity index (χ4v) is 4.23. The summed E-state index contributed by atoms with van der Waals surface area (Å²) in [6.45, 7) is 9.62. The topological polar surface area (TPSA) is 18.5 Å². The average molecular weight is 282 g/mol. The van der Waals surface area contributed by atoms with Crippen molar-refractivity contribution >= 4 is 29.7 Å². The summed E-state index contributed by atoms with van der Waals surface area (Å²) in [5.74, 6) is 1.77. The summed E-state index contributed by atoms with van der Waals surface area (Å²) in [4.78, 5) is 0. The molecule has 1 aliphatic heterocycles. The molecule has 0 bridgehead atoms. The Morgan fingerprint density at radius 1 is 1.25 bits per heavy atom. The summed E-state index contributed by atoms with van der Waals surface area (Å²) in [7, 11) is 0. The minimum Gasteiger partial charge on any atom is -0.321 e. The normalized spacial score (nSPS) is 35.9. The Labute approximate surface area is 110 Å². The standard InChI is InChI=1S/C11H23O2PS2/c1-8(2)5-10-7-12-14(15,16)13-11(10)6-9(3)4/h8-11H,5-7H2,1-4H3,(H,15,16). The van der Waals surface area contributed by atoms with E-state index < -0.39 is 5.69 Å². The number of thiol groups is 1. The molecule has 0 saturated carbocycles. The lowest BCUT2D eigenvalue weighted by molar-refractivity contribution is 0.0289. The third-order valence-electron chi connectivity index (χ3n) is 2.72. The van der Waals surface area contributed by atoms with Gasteiger partial charge >= 0.3 is 0 Å². The number of hydrogen-bond acceptors (Lipinski definition) is 3. The van der Waals surface area contributed by atoms with Crippen LogP contribution in [0.15, 0.2) is 0 Å². The largest absolute Gasteiger partial charge is 0.321 e. The second kappa shape index (κ2) is 6.19. The molecule has 5 heteroatoms. The van der Waals surface area contributed by atoms with Crippen LogP contribution in [-0.4, -0.2) is 12.7 Å². The van der Waals surface area contributed by atoms with Crippen molar-refractivity contribution in [3.63, 3.8) is 0 Å². The van der Waals surface area contributed by atoms with Gasteiger partial charge in [0.05, 0.1) is 12.7 Å². The molecule has 0 aromatic heterocycles. The maximum Gasteiger partial charge on any atom is 0.244 e. The van der Waals surface area contributed by atoms with Gasteiger partial charge in [0.25, 0.3) is 0 Å². The summed E-state index contributed by atoms with van der Waals surface area (Å²) >= 11 is 9.53. The molecule has 0 amide bonds. The number of hydrogen-bond donors (Lipinski definition) is 1. The Balaban J connectivity index is 2.64. The third-order valence-corrected chi connectivity index (χ3v) is 4.94. The van der Waals surface area contributed by atoms with Crippen LogP contribution in [0.2, 0.25) is 0 Å². The molecule has 0 aromatic rings. The van der Waals surface area contributed by atoms with Gasteiger partial charge in [0, 0.05) is 5.92 Å². The average Bonchev–Trinajstić information content (AvgIpc) is 2.07. The lowest BCUT2D eigenvalue weighted by atomic mass is 9.88. The summed E-state index contributed by atoms with van der Waals surface area (Å²) < 4.78 is 11.4. The highest BCUT2D eigenvalue weighted by Gasteiger charge is 2.34. The zero-order valence-corrected chi connectivity index (χ0v) is 13.2. The van der Waals surface area contributed by atoms with Gasteiger partial charge in [-0.15, -0.1) is 0 Å². The molecule has 3 unspecified atom stereocenters. The van der Waals surface area contributed by atoms with Crippen LogP contribution in [0.4, 0.5) is 0 Å². The Morgan fingerprint density at radius 2 is 1.81 bits per heavy atom. The smallest absolute Gasteiger partial charge is 0.244 e. The third kappa shape index (κ3) is 5.05.